The van der Waals surface area contributed by atoms with Crippen molar-refractivity contribution in [1.82, 2.24) is 24.5 Å². The van der Waals surface area contributed by atoms with Gasteiger partial charge >= 0.3 is 0 Å². The number of hydrogen-bond donors (Lipinski definition) is 1. The Bertz CT molecular complexity index is 1320. The second-order valence-electron chi connectivity index (χ2n) is 7.55. The van der Waals surface area contributed by atoms with E-state index in [1.807, 2.05) is 32.9 Å². The molecule has 0 saturated carbocycles. The van der Waals surface area contributed by atoms with Gasteiger partial charge in [0.2, 0.25) is 5.91 Å². The Morgan fingerprint density at radius 3 is 2.45 bits per heavy atom. The van der Waals surface area contributed by atoms with Gasteiger partial charge in [0.05, 0.1) is 6.54 Å². The van der Waals surface area contributed by atoms with Crippen LogP contribution < -0.4 is 10.9 Å². The largest absolute Gasteiger partial charge is 0.324 e. The van der Waals surface area contributed by atoms with E-state index in [0.717, 1.165) is 27.9 Å². The zero-order valence-corrected chi connectivity index (χ0v) is 17.4. The highest BCUT2D eigenvalue weighted by molar-refractivity contribution is 5.92. The summed E-state index contributed by atoms with van der Waals surface area (Å²) in [6, 6.07) is 9.94. The standard InChI is InChI=1S/C22H21FN6O2/c1-13-8-14(2)19(15(3)9-13)25-18(30)11-28-12-24-21-20(22(28)31)26-27-29(21)10-16-4-6-17(23)7-5-16/h4-9,12H,10-11H2,1-3H3,(H,25,30). The molecule has 0 unspecified atom stereocenters. The number of carbonyl (C=O) groups is 1. The summed E-state index contributed by atoms with van der Waals surface area (Å²) in [5, 5.41) is 10.8. The molecule has 0 spiro atoms. The normalized spacial score (nSPS) is 11.1. The minimum absolute atomic E-state index is 0.0695. The fourth-order valence-corrected chi connectivity index (χ4v) is 3.58. The lowest BCUT2D eigenvalue weighted by molar-refractivity contribution is -0.116. The van der Waals surface area contributed by atoms with Gasteiger partial charge in [-0.1, -0.05) is 35.0 Å². The monoisotopic (exact) mass is 420 g/mol. The number of halogens is 1. The highest BCUT2D eigenvalue weighted by Crippen LogP contribution is 2.21. The van der Waals surface area contributed by atoms with Crippen LogP contribution in [0.2, 0.25) is 0 Å². The van der Waals surface area contributed by atoms with Crippen LogP contribution in [-0.4, -0.2) is 30.5 Å². The molecule has 9 heteroatoms. The number of nitrogens with one attached hydrogen (secondary N) is 1. The third-order valence-corrected chi connectivity index (χ3v) is 4.99. The first-order valence-electron chi connectivity index (χ1n) is 9.72. The van der Waals surface area contributed by atoms with Crippen LogP contribution in [0.25, 0.3) is 11.2 Å². The molecule has 4 aromatic rings. The van der Waals surface area contributed by atoms with E-state index >= 15 is 0 Å². The van der Waals surface area contributed by atoms with Gasteiger partial charge in [-0.05, 0) is 49.6 Å². The highest BCUT2D eigenvalue weighted by atomic mass is 19.1. The van der Waals surface area contributed by atoms with Gasteiger partial charge < -0.3 is 5.32 Å². The molecule has 2 aromatic heterocycles. The average molecular weight is 420 g/mol. The van der Waals surface area contributed by atoms with Gasteiger partial charge in [0.15, 0.2) is 11.2 Å². The smallest absolute Gasteiger partial charge is 0.283 e. The lowest BCUT2D eigenvalue weighted by Gasteiger charge is -2.13. The molecule has 0 bridgehead atoms. The van der Waals surface area contributed by atoms with Crippen molar-refractivity contribution < 1.29 is 9.18 Å². The van der Waals surface area contributed by atoms with E-state index < -0.39 is 5.56 Å². The number of hydrogen-bond acceptors (Lipinski definition) is 5. The fourth-order valence-electron chi connectivity index (χ4n) is 3.58. The summed E-state index contributed by atoms with van der Waals surface area (Å²) >= 11 is 0. The van der Waals surface area contributed by atoms with Crippen LogP contribution in [0.5, 0.6) is 0 Å². The van der Waals surface area contributed by atoms with Crippen LogP contribution >= 0.6 is 0 Å². The maximum atomic E-state index is 13.1. The van der Waals surface area contributed by atoms with E-state index in [4.69, 9.17) is 0 Å². The zero-order valence-electron chi connectivity index (χ0n) is 17.4. The Morgan fingerprint density at radius 1 is 1.10 bits per heavy atom. The summed E-state index contributed by atoms with van der Waals surface area (Å²) in [6.45, 7) is 5.94. The molecule has 0 fully saturated rings. The third-order valence-electron chi connectivity index (χ3n) is 4.99. The zero-order chi connectivity index (χ0) is 22.1. The average Bonchev–Trinajstić information content (AvgIpc) is 3.12. The van der Waals surface area contributed by atoms with Gasteiger partial charge in [-0.15, -0.1) is 5.10 Å². The summed E-state index contributed by atoms with van der Waals surface area (Å²) in [4.78, 5) is 29.6. The minimum atomic E-state index is -0.456. The molecule has 0 aliphatic rings. The lowest BCUT2D eigenvalue weighted by Crippen LogP contribution is -2.28. The van der Waals surface area contributed by atoms with E-state index in [1.54, 1.807) is 12.1 Å². The van der Waals surface area contributed by atoms with Crippen LogP contribution in [-0.2, 0) is 17.9 Å². The summed E-state index contributed by atoms with van der Waals surface area (Å²) in [5.74, 6) is -0.667. The molecule has 8 nitrogen and oxygen atoms in total. The number of anilines is 1. The first-order valence-corrected chi connectivity index (χ1v) is 9.72. The first kappa shape index (κ1) is 20.4. The Morgan fingerprint density at radius 2 is 1.77 bits per heavy atom. The molecule has 158 valence electrons. The number of nitrogens with zero attached hydrogens (tertiary/aromatic N) is 5. The van der Waals surface area contributed by atoms with Gasteiger partial charge in [-0.25, -0.2) is 14.1 Å². The van der Waals surface area contributed by atoms with Crippen molar-refractivity contribution in [2.45, 2.75) is 33.9 Å². The third kappa shape index (κ3) is 4.20. The van der Waals surface area contributed by atoms with Crippen LogP contribution in [0, 0.1) is 26.6 Å². The van der Waals surface area contributed by atoms with Crippen molar-refractivity contribution in [3.63, 3.8) is 0 Å². The second-order valence-corrected chi connectivity index (χ2v) is 7.55. The maximum absolute atomic E-state index is 13.1. The molecule has 0 saturated heterocycles. The highest BCUT2D eigenvalue weighted by Gasteiger charge is 2.15. The van der Waals surface area contributed by atoms with Crippen molar-refractivity contribution in [2.75, 3.05) is 5.32 Å². The predicted octanol–water partition coefficient (Wildman–Crippen LogP) is 2.74. The molecule has 0 aliphatic heterocycles. The van der Waals surface area contributed by atoms with E-state index in [2.05, 4.69) is 20.6 Å². The van der Waals surface area contributed by atoms with Crippen LogP contribution in [0.3, 0.4) is 0 Å². The quantitative estimate of drug-likeness (QED) is 0.536. The van der Waals surface area contributed by atoms with Crippen molar-refractivity contribution in [2.24, 2.45) is 0 Å². The number of aryl methyl sites for hydroxylation is 3. The Hall–Kier alpha value is -3.88. The van der Waals surface area contributed by atoms with Gasteiger partial charge in [-0.2, -0.15) is 0 Å². The summed E-state index contributed by atoms with van der Waals surface area (Å²) in [6.07, 6.45) is 1.31. The number of fused-ring (bicyclic) bond motifs is 1. The van der Waals surface area contributed by atoms with Gasteiger partial charge in [0, 0.05) is 5.69 Å². The minimum Gasteiger partial charge on any atom is -0.324 e. The number of carbonyl (C=O) groups excluding carboxylic acids is 1. The van der Waals surface area contributed by atoms with Crippen molar-refractivity contribution in [3.8, 4) is 0 Å². The van der Waals surface area contributed by atoms with E-state index in [1.165, 1.54) is 27.7 Å². The molecular weight excluding hydrogens is 399 g/mol. The maximum Gasteiger partial charge on any atom is 0.283 e. The van der Waals surface area contributed by atoms with Crippen molar-refractivity contribution in [3.05, 3.63) is 81.2 Å². The van der Waals surface area contributed by atoms with Crippen molar-refractivity contribution >= 4 is 22.8 Å². The number of aromatic nitrogens is 5. The molecule has 2 heterocycles. The van der Waals surface area contributed by atoms with Crippen LogP contribution in [0.4, 0.5) is 10.1 Å². The fraction of sp³-hybridized carbons (Fsp3) is 0.227. The first-order chi connectivity index (χ1) is 14.8. The Balaban J connectivity index is 1.55. The summed E-state index contributed by atoms with van der Waals surface area (Å²) < 4.78 is 15.8. The molecule has 4 rings (SSSR count). The molecule has 1 N–H and O–H groups in total. The second kappa shape index (κ2) is 8.10. The Labute approximate surface area is 177 Å². The molecule has 0 radical (unpaired) electrons. The molecule has 2 aromatic carbocycles. The summed E-state index contributed by atoms with van der Waals surface area (Å²) in [7, 11) is 0. The van der Waals surface area contributed by atoms with E-state index in [0.29, 0.717) is 12.2 Å². The van der Waals surface area contributed by atoms with Crippen LogP contribution in [0.1, 0.15) is 22.3 Å². The van der Waals surface area contributed by atoms with Gasteiger partial charge in [0.1, 0.15) is 18.7 Å². The molecular formula is C22H21FN6O2. The van der Waals surface area contributed by atoms with Gasteiger partial charge in [-0.3, -0.25) is 14.2 Å². The Kier molecular flexibility index (Phi) is 5.33. The SMILES string of the molecule is Cc1cc(C)c(NC(=O)Cn2cnc3c(nnn3Cc3ccc(F)cc3)c2=O)c(C)c1. The van der Waals surface area contributed by atoms with Crippen LogP contribution in [0.15, 0.2) is 47.5 Å². The number of amides is 1. The number of rotatable bonds is 5. The number of benzene rings is 2. The van der Waals surface area contributed by atoms with E-state index in [9.17, 15) is 14.0 Å². The predicted molar refractivity (Wildman–Crippen MR) is 114 cm³/mol. The summed E-state index contributed by atoms with van der Waals surface area (Å²) in [5.41, 5.74) is 4.47. The molecule has 0 aliphatic carbocycles. The lowest BCUT2D eigenvalue weighted by atomic mass is 10.1. The van der Waals surface area contributed by atoms with Crippen molar-refractivity contribution in [1.29, 1.82) is 0 Å². The molecule has 0 atom stereocenters. The van der Waals surface area contributed by atoms with E-state index in [-0.39, 0.29) is 23.8 Å². The molecule has 1 amide bonds. The topological polar surface area (TPSA) is 94.7 Å². The van der Waals surface area contributed by atoms with Gasteiger partial charge in [0.25, 0.3) is 5.56 Å². The molecule has 31 heavy (non-hydrogen) atoms.